The van der Waals surface area contributed by atoms with E-state index in [0.717, 1.165) is 77.3 Å². The lowest BCUT2D eigenvalue weighted by molar-refractivity contribution is 0.631. The average Bonchev–Trinajstić information content (AvgIpc) is 3.86. The maximum absolute atomic E-state index is 6.80. The van der Waals surface area contributed by atoms with Gasteiger partial charge in [0.25, 0.3) is 0 Å². The Morgan fingerprint density at radius 2 is 0.939 bits per heavy atom. The Bertz CT molecular complexity index is 3040. The van der Waals surface area contributed by atoms with Gasteiger partial charge in [0.2, 0.25) is 0 Å². The molecule has 228 valence electrons. The SMILES string of the molecule is c1ccc(-c2cc3cc4oc5c(-c6c7ccccc7c(-c7ccc8oc9ccccc9c8c7)c7ccccc67)cccc5c4cc3o2)cc1. The van der Waals surface area contributed by atoms with Crippen LogP contribution in [0, 0.1) is 0 Å². The highest BCUT2D eigenvalue weighted by Crippen LogP contribution is 2.47. The van der Waals surface area contributed by atoms with Crippen molar-refractivity contribution in [3.63, 3.8) is 0 Å². The first-order valence-electron chi connectivity index (χ1n) is 16.6. The molecule has 3 nitrogen and oxygen atoms in total. The smallest absolute Gasteiger partial charge is 0.143 e. The predicted molar refractivity (Wildman–Crippen MR) is 202 cm³/mol. The lowest BCUT2D eigenvalue weighted by Gasteiger charge is -2.18. The number of fused-ring (bicyclic) bond motifs is 9. The van der Waals surface area contributed by atoms with Gasteiger partial charge in [-0.25, -0.2) is 0 Å². The van der Waals surface area contributed by atoms with Gasteiger partial charge in [0, 0.05) is 43.6 Å². The quantitative estimate of drug-likeness (QED) is 0.183. The van der Waals surface area contributed by atoms with Crippen LogP contribution in [0.3, 0.4) is 0 Å². The molecule has 0 aliphatic carbocycles. The second-order valence-electron chi connectivity index (χ2n) is 12.8. The van der Waals surface area contributed by atoms with Crippen LogP contribution in [0.25, 0.3) is 110 Å². The molecule has 11 aromatic rings. The molecule has 0 radical (unpaired) electrons. The summed E-state index contributed by atoms with van der Waals surface area (Å²) in [6, 6.07) is 55.4. The van der Waals surface area contributed by atoms with Gasteiger partial charge in [-0.05, 0) is 69.1 Å². The number of para-hydroxylation sites is 2. The summed E-state index contributed by atoms with van der Waals surface area (Å²) in [6.45, 7) is 0. The normalized spacial score (nSPS) is 12.1. The standard InChI is InChI=1S/C46H26O3/c1-2-11-27(12-3-1)41-24-29-25-43-38(26-42(29)48-41)35-18-10-19-36(46(35)49-43)45-33-16-6-4-14-31(33)44(32-15-5-7-17-34(32)45)28-21-22-40-37(23-28)30-13-8-9-20-39(30)47-40/h1-26H. The van der Waals surface area contributed by atoms with E-state index in [0.29, 0.717) is 0 Å². The summed E-state index contributed by atoms with van der Waals surface area (Å²) in [6.07, 6.45) is 0. The van der Waals surface area contributed by atoms with Crippen LogP contribution in [0.1, 0.15) is 0 Å². The van der Waals surface area contributed by atoms with Gasteiger partial charge in [-0.3, -0.25) is 0 Å². The molecule has 0 unspecified atom stereocenters. The van der Waals surface area contributed by atoms with Crippen LogP contribution in [0.5, 0.6) is 0 Å². The predicted octanol–water partition coefficient (Wildman–Crippen LogP) is 13.5. The van der Waals surface area contributed by atoms with E-state index in [2.05, 4.69) is 127 Å². The van der Waals surface area contributed by atoms with Gasteiger partial charge in [-0.1, -0.05) is 121 Å². The molecule has 8 aromatic carbocycles. The third-order valence-electron chi connectivity index (χ3n) is 10.1. The van der Waals surface area contributed by atoms with E-state index < -0.39 is 0 Å². The second kappa shape index (κ2) is 9.96. The van der Waals surface area contributed by atoms with E-state index in [1.165, 1.54) is 32.7 Å². The highest BCUT2D eigenvalue weighted by atomic mass is 16.3. The zero-order valence-electron chi connectivity index (χ0n) is 26.2. The molecule has 0 fully saturated rings. The highest BCUT2D eigenvalue weighted by Gasteiger charge is 2.21. The zero-order valence-corrected chi connectivity index (χ0v) is 26.2. The minimum atomic E-state index is 0.848. The molecule has 0 saturated carbocycles. The lowest BCUT2D eigenvalue weighted by atomic mass is 9.85. The molecule has 0 N–H and O–H groups in total. The summed E-state index contributed by atoms with van der Waals surface area (Å²) in [5.41, 5.74) is 10.1. The Balaban J connectivity index is 1.17. The minimum absolute atomic E-state index is 0.848. The van der Waals surface area contributed by atoms with Crippen molar-refractivity contribution in [3.05, 3.63) is 158 Å². The van der Waals surface area contributed by atoms with Crippen LogP contribution in [0.4, 0.5) is 0 Å². The first-order valence-corrected chi connectivity index (χ1v) is 16.6. The Morgan fingerprint density at radius 3 is 1.71 bits per heavy atom. The molecule has 0 bridgehead atoms. The fourth-order valence-corrected chi connectivity index (χ4v) is 7.88. The van der Waals surface area contributed by atoms with E-state index in [-0.39, 0.29) is 0 Å². The molecule has 0 aliphatic heterocycles. The molecule has 3 heterocycles. The van der Waals surface area contributed by atoms with Crippen molar-refractivity contribution in [1.82, 2.24) is 0 Å². The number of rotatable bonds is 3. The third-order valence-corrected chi connectivity index (χ3v) is 10.1. The van der Waals surface area contributed by atoms with E-state index in [1.807, 2.05) is 30.3 Å². The molecule has 0 aliphatic rings. The van der Waals surface area contributed by atoms with Crippen molar-refractivity contribution < 1.29 is 13.3 Å². The zero-order chi connectivity index (χ0) is 32.1. The summed E-state index contributed by atoms with van der Waals surface area (Å²) < 4.78 is 19.4. The molecule has 0 spiro atoms. The number of hydrogen-bond donors (Lipinski definition) is 0. The first-order chi connectivity index (χ1) is 24.3. The van der Waals surface area contributed by atoms with Crippen LogP contribution in [0.15, 0.2) is 171 Å². The van der Waals surface area contributed by atoms with Crippen molar-refractivity contribution in [2.75, 3.05) is 0 Å². The van der Waals surface area contributed by atoms with Crippen LogP contribution in [-0.2, 0) is 0 Å². The first kappa shape index (κ1) is 26.5. The Morgan fingerprint density at radius 1 is 0.306 bits per heavy atom. The molecule has 0 amide bonds. The molecule has 49 heavy (non-hydrogen) atoms. The van der Waals surface area contributed by atoms with Gasteiger partial charge in [0.15, 0.2) is 0 Å². The van der Waals surface area contributed by atoms with Gasteiger partial charge >= 0.3 is 0 Å². The Kier molecular flexibility index (Phi) is 5.38. The number of hydrogen-bond acceptors (Lipinski definition) is 3. The maximum atomic E-state index is 6.80. The van der Waals surface area contributed by atoms with Crippen molar-refractivity contribution in [2.45, 2.75) is 0 Å². The molecule has 0 atom stereocenters. The molecular weight excluding hydrogens is 601 g/mol. The van der Waals surface area contributed by atoms with Crippen molar-refractivity contribution >= 4 is 76.4 Å². The van der Waals surface area contributed by atoms with E-state index in [4.69, 9.17) is 13.3 Å². The van der Waals surface area contributed by atoms with E-state index in [1.54, 1.807) is 0 Å². The monoisotopic (exact) mass is 626 g/mol. The fourth-order valence-electron chi connectivity index (χ4n) is 7.88. The topological polar surface area (TPSA) is 39.4 Å². The Hall–Kier alpha value is -6.58. The molecule has 3 aromatic heterocycles. The van der Waals surface area contributed by atoms with Gasteiger partial charge in [0.05, 0.1) is 0 Å². The molecule has 0 saturated heterocycles. The summed E-state index contributed by atoms with van der Waals surface area (Å²) in [5.74, 6) is 0.853. The van der Waals surface area contributed by atoms with E-state index in [9.17, 15) is 0 Å². The molecule has 11 rings (SSSR count). The van der Waals surface area contributed by atoms with Gasteiger partial charge < -0.3 is 13.3 Å². The fraction of sp³-hybridized carbons (Fsp3) is 0. The van der Waals surface area contributed by atoms with Crippen LogP contribution >= 0.6 is 0 Å². The number of benzene rings is 8. The van der Waals surface area contributed by atoms with Crippen LogP contribution in [0.2, 0.25) is 0 Å². The molecule has 3 heteroatoms. The third kappa shape index (κ3) is 3.84. The maximum Gasteiger partial charge on any atom is 0.143 e. The van der Waals surface area contributed by atoms with Crippen molar-refractivity contribution in [3.8, 4) is 33.6 Å². The van der Waals surface area contributed by atoms with Crippen molar-refractivity contribution in [2.24, 2.45) is 0 Å². The summed E-state index contributed by atoms with van der Waals surface area (Å²) in [5, 5.41) is 10.2. The summed E-state index contributed by atoms with van der Waals surface area (Å²) in [7, 11) is 0. The average molecular weight is 627 g/mol. The second-order valence-corrected chi connectivity index (χ2v) is 12.8. The van der Waals surface area contributed by atoms with Gasteiger partial charge in [-0.15, -0.1) is 0 Å². The summed E-state index contributed by atoms with van der Waals surface area (Å²) >= 11 is 0. The summed E-state index contributed by atoms with van der Waals surface area (Å²) in [4.78, 5) is 0. The lowest BCUT2D eigenvalue weighted by Crippen LogP contribution is -1.91. The van der Waals surface area contributed by atoms with Crippen LogP contribution in [-0.4, -0.2) is 0 Å². The van der Waals surface area contributed by atoms with Gasteiger partial charge in [0.1, 0.15) is 33.7 Å². The van der Waals surface area contributed by atoms with E-state index >= 15 is 0 Å². The largest absolute Gasteiger partial charge is 0.456 e. The van der Waals surface area contributed by atoms with Crippen LogP contribution < -0.4 is 0 Å². The highest BCUT2D eigenvalue weighted by molar-refractivity contribution is 6.25. The van der Waals surface area contributed by atoms with Crippen molar-refractivity contribution in [1.29, 1.82) is 0 Å². The number of furan rings is 3. The minimum Gasteiger partial charge on any atom is -0.456 e. The Labute approximate surface area is 280 Å². The van der Waals surface area contributed by atoms with Gasteiger partial charge in [-0.2, -0.15) is 0 Å². The molecular formula is C46H26O3.